The Morgan fingerprint density at radius 2 is 1.00 bits per heavy atom. The molecule has 1 aromatic heterocycles. The lowest BCUT2D eigenvalue weighted by molar-refractivity contribution is 0.660. The Kier molecular flexibility index (Phi) is 4.82. The molecule has 0 N–H and O–H groups in total. The van der Waals surface area contributed by atoms with E-state index in [9.17, 15) is 0 Å². The molecular formula is C30H22ClN3. The first kappa shape index (κ1) is 20.8. The van der Waals surface area contributed by atoms with Crippen molar-refractivity contribution in [3.05, 3.63) is 113 Å². The number of hydrogen-bond acceptors (Lipinski definition) is 3. The average molecular weight is 460 g/mol. The van der Waals surface area contributed by atoms with E-state index in [2.05, 4.69) is 44.2 Å². The molecule has 1 heterocycles. The molecule has 0 spiro atoms. The second-order valence-corrected chi connectivity index (χ2v) is 9.55. The lowest BCUT2D eigenvalue weighted by Gasteiger charge is -2.22. The molecule has 4 heteroatoms. The van der Waals surface area contributed by atoms with E-state index in [-0.39, 0.29) is 5.41 Å². The van der Waals surface area contributed by atoms with Crippen molar-refractivity contribution >= 4 is 11.6 Å². The first-order valence-corrected chi connectivity index (χ1v) is 11.7. The molecule has 1 aliphatic rings. The third kappa shape index (κ3) is 3.41. The van der Waals surface area contributed by atoms with Crippen LogP contribution in [-0.4, -0.2) is 15.0 Å². The number of benzene rings is 4. The first-order valence-electron chi connectivity index (χ1n) is 11.3. The fourth-order valence-electron chi connectivity index (χ4n) is 4.79. The van der Waals surface area contributed by atoms with Crippen molar-refractivity contribution in [3.63, 3.8) is 0 Å². The van der Waals surface area contributed by atoms with Gasteiger partial charge in [-0.2, -0.15) is 0 Å². The molecule has 0 radical (unpaired) electrons. The molecule has 1 aliphatic carbocycles. The first-order chi connectivity index (χ1) is 16.5. The predicted molar refractivity (Wildman–Crippen MR) is 139 cm³/mol. The Bertz CT molecular complexity index is 1470. The monoisotopic (exact) mass is 459 g/mol. The molecule has 0 aliphatic heterocycles. The summed E-state index contributed by atoms with van der Waals surface area (Å²) in [4.78, 5) is 14.6. The van der Waals surface area contributed by atoms with Crippen LogP contribution < -0.4 is 0 Å². The minimum absolute atomic E-state index is 0.164. The van der Waals surface area contributed by atoms with E-state index in [1.54, 1.807) is 0 Å². The number of fused-ring (bicyclic) bond motifs is 3. The SMILES string of the molecule is CC1(C)c2cc(Cl)ccc2-c2ccc(-c3nc(-c4ccccc4)nc(-c4ccccc4)n3)cc21. The molecule has 5 aromatic rings. The molecule has 34 heavy (non-hydrogen) atoms. The van der Waals surface area contributed by atoms with Crippen LogP contribution in [0.15, 0.2) is 97.1 Å². The molecule has 0 atom stereocenters. The molecule has 0 saturated heterocycles. The number of rotatable bonds is 3. The zero-order valence-corrected chi connectivity index (χ0v) is 19.7. The summed E-state index contributed by atoms with van der Waals surface area (Å²) in [5.74, 6) is 2.00. The van der Waals surface area contributed by atoms with E-state index < -0.39 is 0 Å². The van der Waals surface area contributed by atoms with Gasteiger partial charge in [0.15, 0.2) is 17.5 Å². The third-order valence-electron chi connectivity index (χ3n) is 6.60. The molecular weight excluding hydrogens is 438 g/mol. The maximum absolute atomic E-state index is 6.35. The largest absolute Gasteiger partial charge is 0.208 e. The summed E-state index contributed by atoms with van der Waals surface area (Å²) in [5.41, 5.74) is 7.72. The number of hydrogen-bond donors (Lipinski definition) is 0. The average Bonchev–Trinajstić information content (AvgIpc) is 3.10. The molecule has 4 aromatic carbocycles. The van der Waals surface area contributed by atoms with Crippen molar-refractivity contribution in [2.75, 3.05) is 0 Å². The summed E-state index contributed by atoms with van der Waals surface area (Å²) < 4.78 is 0. The van der Waals surface area contributed by atoms with Gasteiger partial charge in [0.2, 0.25) is 0 Å². The highest BCUT2D eigenvalue weighted by atomic mass is 35.5. The molecule has 0 saturated carbocycles. The van der Waals surface area contributed by atoms with Gasteiger partial charge in [-0.15, -0.1) is 0 Å². The third-order valence-corrected chi connectivity index (χ3v) is 6.83. The van der Waals surface area contributed by atoms with Crippen molar-refractivity contribution in [2.24, 2.45) is 0 Å². The summed E-state index contributed by atoms with van der Waals surface area (Å²) in [6.07, 6.45) is 0. The van der Waals surface area contributed by atoms with Crippen LogP contribution >= 0.6 is 11.6 Å². The van der Waals surface area contributed by atoms with Gasteiger partial charge in [-0.1, -0.05) is 104 Å². The van der Waals surface area contributed by atoms with Crippen LogP contribution in [0.2, 0.25) is 5.02 Å². The fourth-order valence-corrected chi connectivity index (χ4v) is 4.96. The van der Waals surface area contributed by atoms with Gasteiger partial charge in [0.05, 0.1) is 0 Å². The molecule has 0 bridgehead atoms. The molecule has 0 amide bonds. The van der Waals surface area contributed by atoms with Crippen molar-refractivity contribution in [1.29, 1.82) is 0 Å². The van der Waals surface area contributed by atoms with Crippen molar-refractivity contribution in [1.82, 2.24) is 15.0 Å². The highest BCUT2D eigenvalue weighted by molar-refractivity contribution is 6.30. The van der Waals surface area contributed by atoms with Crippen LogP contribution in [-0.2, 0) is 5.41 Å². The maximum Gasteiger partial charge on any atom is 0.164 e. The van der Waals surface area contributed by atoms with Crippen LogP contribution in [0, 0.1) is 0 Å². The highest BCUT2D eigenvalue weighted by Crippen LogP contribution is 2.50. The molecule has 3 nitrogen and oxygen atoms in total. The number of halogens is 1. The van der Waals surface area contributed by atoms with E-state index >= 15 is 0 Å². The normalized spacial score (nSPS) is 13.4. The Balaban J connectivity index is 1.53. The summed E-state index contributed by atoms with van der Waals surface area (Å²) in [5, 5.41) is 0.761. The highest BCUT2D eigenvalue weighted by Gasteiger charge is 2.35. The van der Waals surface area contributed by atoms with Gasteiger partial charge in [0.25, 0.3) is 0 Å². The zero-order chi connectivity index (χ0) is 23.3. The topological polar surface area (TPSA) is 38.7 Å². The summed E-state index contributed by atoms with van der Waals surface area (Å²) in [6, 6.07) is 32.8. The lowest BCUT2D eigenvalue weighted by atomic mass is 9.82. The predicted octanol–water partition coefficient (Wildman–Crippen LogP) is 7.83. The Labute approximate surface area is 204 Å². The molecule has 0 unspecified atom stereocenters. The summed E-state index contributed by atoms with van der Waals surface area (Å²) in [6.45, 7) is 4.49. The summed E-state index contributed by atoms with van der Waals surface area (Å²) in [7, 11) is 0. The van der Waals surface area contributed by atoms with Gasteiger partial charge in [0.1, 0.15) is 0 Å². The van der Waals surface area contributed by atoms with Crippen LogP contribution in [0.25, 0.3) is 45.3 Å². The molecule has 164 valence electrons. The van der Waals surface area contributed by atoms with Gasteiger partial charge in [0, 0.05) is 27.1 Å². The standard InChI is InChI=1S/C30H22ClN3/c1-30(2)25-17-21(13-15-23(25)24-16-14-22(31)18-26(24)30)29-33-27(19-9-5-3-6-10-19)32-28(34-29)20-11-7-4-8-12-20/h3-18H,1-2H3. The number of nitrogens with zero attached hydrogens (tertiary/aromatic N) is 3. The fraction of sp³-hybridized carbons (Fsp3) is 0.100. The van der Waals surface area contributed by atoms with Gasteiger partial charge >= 0.3 is 0 Å². The minimum atomic E-state index is -0.164. The quantitative estimate of drug-likeness (QED) is 0.276. The van der Waals surface area contributed by atoms with Crippen LogP contribution in [0.4, 0.5) is 0 Å². The maximum atomic E-state index is 6.35. The van der Waals surface area contributed by atoms with Gasteiger partial charge in [-0.05, 0) is 40.5 Å². The second-order valence-electron chi connectivity index (χ2n) is 9.11. The van der Waals surface area contributed by atoms with Crippen molar-refractivity contribution < 1.29 is 0 Å². The lowest BCUT2D eigenvalue weighted by Crippen LogP contribution is -2.15. The van der Waals surface area contributed by atoms with Gasteiger partial charge in [-0.3, -0.25) is 0 Å². The number of aromatic nitrogens is 3. The van der Waals surface area contributed by atoms with E-state index in [1.165, 1.54) is 22.3 Å². The minimum Gasteiger partial charge on any atom is -0.208 e. The Morgan fingerprint density at radius 1 is 0.529 bits per heavy atom. The Hall–Kier alpha value is -3.82. The van der Waals surface area contributed by atoms with Crippen molar-refractivity contribution in [2.45, 2.75) is 19.3 Å². The van der Waals surface area contributed by atoms with E-state index in [4.69, 9.17) is 26.6 Å². The van der Waals surface area contributed by atoms with Crippen LogP contribution in [0.1, 0.15) is 25.0 Å². The van der Waals surface area contributed by atoms with Gasteiger partial charge in [-0.25, -0.2) is 15.0 Å². The van der Waals surface area contributed by atoms with E-state index in [0.717, 1.165) is 21.7 Å². The van der Waals surface area contributed by atoms with E-state index in [0.29, 0.717) is 17.5 Å². The molecule has 6 rings (SSSR count). The smallest absolute Gasteiger partial charge is 0.164 e. The molecule has 0 fully saturated rings. The summed E-state index contributed by atoms with van der Waals surface area (Å²) >= 11 is 6.35. The second kappa shape index (κ2) is 7.89. The van der Waals surface area contributed by atoms with Crippen LogP contribution in [0.5, 0.6) is 0 Å². The van der Waals surface area contributed by atoms with Gasteiger partial charge < -0.3 is 0 Å². The zero-order valence-electron chi connectivity index (χ0n) is 19.0. The van der Waals surface area contributed by atoms with E-state index in [1.807, 2.05) is 66.7 Å². The Morgan fingerprint density at radius 3 is 1.56 bits per heavy atom. The van der Waals surface area contributed by atoms with Crippen molar-refractivity contribution in [3.8, 4) is 45.3 Å². The van der Waals surface area contributed by atoms with Crippen LogP contribution in [0.3, 0.4) is 0 Å².